The van der Waals surface area contributed by atoms with Gasteiger partial charge in [0.15, 0.2) is 24.7 Å². The van der Waals surface area contributed by atoms with Crippen molar-refractivity contribution < 1.29 is 47.7 Å². The molecule has 19 nitrogen and oxygen atoms in total. The summed E-state index contributed by atoms with van der Waals surface area (Å²) in [4.78, 5) is 89.2. The highest BCUT2D eigenvalue weighted by Crippen LogP contribution is 2.22. The fraction of sp³-hybridized carbons (Fsp3) is 0.463. The zero-order valence-electron chi connectivity index (χ0n) is 35.5. The van der Waals surface area contributed by atoms with Gasteiger partial charge in [-0.2, -0.15) is 0 Å². The summed E-state index contributed by atoms with van der Waals surface area (Å²) in [5.41, 5.74) is -0.461. The van der Waals surface area contributed by atoms with Crippen LogP contribution in [0.1, 0.15) is 26.5 Å². The predicted molar refractivity (Wildman–Crippen MR) is 248 cm³/mol. The Labute approximate surface area is 388 Å². The van der Waals surface area contributed by atoms with Gasteiger partial charge in [-0.15, -0.1) is 4.73 Å². The Kier molecular flexibility index (Phi) is 20.5. The van der Waals surface area contributed by atoms with Gasteiger partial charge in [0, 0.05) is 71.5 Å². The number of carbonyl (C=O) groups is 4. The van der Waals surface area contributed by atoms with Gasteiger partial charge in [0.05, 0.1) is 33.0 Å². The van der Waals surface area contributed by atoms with Gasteiger partial charge in [-0.25, -0.2) is 0 Å². The topological polar surface area (TPSA) is 201 Å². The van der Waals surface area contributed by atoms with Crippen LogP contribution in [0.25, 0.3) is 0 Å². The first-order valence-electron chi connectivity index (χ1n) is 20.2. The van der Waals surface area contributed by atoms with Gasteiger partial charge in [0.25, 0.3) is 29.2 Å². The maximum absolute atomic E-state index is 13.6. The zero-order valence-corrected chi connectivity index (χ0v) is 38.8. The van der Waals surface area contributed by atoms with Gasteiger partial charge in [-0.1, -0.05) is 78.3 Å². The minimum atomic E-state index is -0.760. The SMILES string of the molecule is COCCOCCOCCN(CCNC(=O)COc1ccc(C(=O)N2CCSC2=S)n(C)c1=O)CCNC(=O)COc1ccc(C(=O)N2CCSC2=S)n(OCc2ccccc2)c1=O. The van der Waals surface area contributed by atoms with Crippen molar-refractivity contribution in [2.45, 2.75) is 6.61 Å². The average molecular weight is 962 g/mol. The monoisotopic (exact) mass is 961 g/mol. The van der Waals surface area contributed by atoms with Crippen LogP contribution in [0.5, 0.6) is 11.5 Å². The van der Waals surface area contributed by atoms with E-state index in [2.05, 4.69) is 10.6 Å². The summed E-state index contributed by atoms with van der Waals surface area (Å²) < 4.78 is 30.2. The van der Waals surface area contributed by atoms with Crippen LogP contribution in [-0.4, -0.2) is 167 Å². The quantitative estimate of drug-likeness (QED) is 0.0845. The summed E-state index contributed by atoms with van der Waals surface area (Å²) in [6.45, 7) is 3.49. The first-order chi connectivity index (χ1) is 31.0. The molecule has 5 rings (SSSR count). The number of nitrogens with zero attached hydrogens (tertiary/aromatic N) is 5. The third kappa shape index (κ3) is 14.8. The first kappa shape index (κ1) is 50.1. The van der Waals surface area contributed by atoms with Crippen LogP contribution in [0.2, 0.25) is 0 Å². The lowest BCUT2D eigenvalue weighted by atomic mass is 10.2. The number of hydrogen-bond donors (Lipinski definition) is 2. The molecule has 0 bridgehead atoms. The van der Waals surface area contributed by atoms with E-state index in [0.717, 1.165) is 10.3 Å². The molecule has 0 saturated carbocycles. The Morgan fingerprint density at radius 1 is 0.688 bits per heavy atom. The van der Waals surface area contributed by atoms with Crippen molar-refractivity contribution in [3.63, 3.8) is 0 Å². The highest BCUT2D eigenvalue weighted by atomic mass is 32.2. The molecule has 4 amide bonds. The number of ether oxygens (including phenoxy) is 5. The van der Waals surface area contributed by atoms with E-state index in [9.17, 15) is 28.8 Å². The molecule has 23 heteroatoms. The van der Waals surface area contributed by atoms with Crippen molar-refractivity contribution in [2.75, 3.05) is 111 Å². The van der Waals surface area contributed by atoms with Crippen molar-refractivity contribution >= 4 is 80.2 Å². The molecule has 0 atom stereocenters. The second-order valence-corrected chi connectivity index (χ2v) is 17.3. The van der Waals surface area contributed by atoms with E-state index in [1.165, 1.54) is 69.2 Å². The molecule has 64 heavy (non-hydrogen) atoms. The van der Waals surface area contributed by atoms with Gasteiger partial charge in [-0.3, -0.25) is 43.5 Å². The number of nitrogens with one attached hydrogen (secondary N) is 2. The Morgan fingerprint density at radius 3 is 1.78 bits per heavy atom. The number of pyridine rings is 2. The largest absolute Gasteiger partial charge is 0.478 e. The number of thiocarbonyl (C=S) groups is 2. The lowest BCUT2D eigenvalue weighted by Crippen LogP contribution is -2.42. The fourth-order valence-electron chi connectivity index (χ4n) is 6.07. The Hall–Kier alpha value is -4.88. The van der Waals surface area contributed by atoms with Crippen LogP contribution >= 0.6 is 48.0 Å². The molecular formula is C41H51N7O12S4. The van der Waals surface area contributed by atoms with Crippen LogP contribution < -0.4 is 36.1 Å². The third-order valence-electron chi connectivity index (χ3n) is 9.50. The highest BCUT2D eigenvalue weighted by molar-refractivity contribution is 8.23. The standard InChI is InChI=1S/C41H51N7O12S4/c1-44-30(36(51)46-17-24-63-40(46)61)8-10-32(38(44)53)58-27-34(49)42-12-14-45(16-19-56-22-23-57-21-20-55-2)15-13-43-35(50)28-59-33-11-9-31(37(52)47-18-25-64-41(47)62)48(39(33)54)60-26-29-6-4-3-5-7-29/h3-11H,12-28H2,1-2H3,(H,42,49)(H,43,50). The second-order valence-electron chi connectivity index (χ2n) is 13.9. The number of rotatable bonds is 26. The smallest absolute Gasteiger partial charge is 0.326 e. The van der Waals surface area contributed by atoms with E-state index in [4.69, 9.17) is 53.0 Å². The van der Waals surface area contributed by atoms with Crippen molar-refractivity contribution in [1.82, 2.24) is 34.6 Å². The fourth-order valence-corrected chi connectivity index (χ4v) is 8.48. The summed E-state index contributed by atoms with van der Waals surface area (Å²) in [5, 5.41) is 5.55. The Balaban J connectivity index is 1.11. The van der Waals surface area contributed by atoms with E-state index in [-0.39, 0.29) is 48.5 Å². The lowest BCUT2D eigenvalue weighted by molar-refractivity contribution is -0.123. The minimum absolute atomic E-state index is 0.0138. The van der Waals surface area contributed by atoms with E-state index in [0.29, 0.717) is 85.9 Å². The summed E-state index contributed by atoms with van der Waals surface area (Å²) in [6.07, 6.45) is 0. The summed E-state index contributed by atoms with van der Waals surface area (Å²) in [7, 11) is 3.04. The molecule has 2 aliphatic heterocycles. The molecule has 1 aromatic carbocycles. The van der Waals surface area contributed by atoms with Gasteiger partial charge in [0.2, 0.25) is 0 Å². The Bertz CT molecular complexity index is 2230. The van der Waals surface area contributed by atoms with E-state index in [1.807, 2.05) is 35.2 Å². The molecule has 2 aliphatic rings. The first-order valence-corrected chi connectivity index (χ1v) is 23.0. The number of benzene rings is 1. The molecule has 4 heterocycles. The molecule has 2 aromatic heterocycles. The predicted octanol–water partition coefficient (Wildman–Crippen LogP) is 0.795. The highest BCUT2D eigenvalue weighted by Gasteiger charge is 2.30. The maximum Gasteiger partial charge on any atom is 0.326 e. The maximum atomic E-state index is 13.6. The van der Waals surface area contributed by atoms with E-state index < -0.39 is 42.1 Å². The molecule has 2 saturated heterocycles. The molecule has 2 N–H and O–H groups in total. The number of carbonyl (C=O) groups excluding carboxylic acids is 4. The van der Waals surface area contributed by atoms with Gasteiger partial charge >= 0.3 is 5.56 Å². The number of methoxy groups -OCH3 is 1. The van der Waals surface area contributed by atoms with Gasteiger partial charge in [0.1, 0.15) is 26.6 Å². The molecule has 0 aliphatic carbocycles. The summed E-state index contributed by atoms with van der Waals surface area (Å²) in [6, 6.07) is 14.7. The number of aromatic nitrogens is 2. The molecule has 0 unspecified atom stereocenters. The molecule has 3 aromatic rings. The van der Waals surface area contributed by atoms with Crippen LogP contribution in [0.4, 0.5) is 0 Å². The summed E-state index contributed by atoms with van der Waals surface area (Å²) >= 11 is 13.3. The van der Waals surface area contributed by atoms with Crippen molar-refractivity contribution in [2.24, 2.45) is 7.05 Å². The number of thioether (sulfide) groups is 2. The van der Waals surface area contributed by atoms with E-state index >= 15 is 0 Å². The van der Waals surface area contributed by atoms with Crippen LogP contribution in [-0.2, 0) is 37.5 Å². The molecule has 2 fully saturated rings. The molecule has 0 radical (unpaired) electrons. The van der Waals surface area contributed by atoms with Crippen molar-refractivity contribution in [3.8, 4) is 11.5 Å². The average Bonchev–Trinajstić information content (AvgIpc) is 3.93. The van der Waals surface area contributed by atoms with Gasteiger partial charge in [-0.05, 0) is 29.8 Å². The number of amides is 4. The lowest BCUT2D eigenvalue weighted by Gasteiger charge is -2.23. The van der Waals surface area contributed by atoms with Gasteiger partial charge < -0.3 is 43.7 Å². The molecule has 0 spiro atoms. The Morgan fingerprint density at radius 2 is 1.22 bits per heavy atom. The zero-order chi connectivity index (χ0) is 45.8. The van der Waals surface area contributed by atoms with Crippen molar-refractivity contribution in [3.05, 3.63) is 92.3 Å². The molecular weight excluding hydrogens is 911 g/mol. The molecule has 346 valence electrons. The van der Waals surface area contributed by atoms with Crippen LogP contribution in [0.3, 0.4) is 0 Å². The normalized spacial score (nSPS) is 13.7. The van der Waals surface area contributed by atoms with Crippen LogP contribution in [0, 0.1) is 0 Å². The number of hydrogen-bond acceptors (Lipinski definition) is 17. The summed E-state index contributed by atoms with van der Waals surface area (Å²) in [5.74, 6) is -0.813. The van der Waals surface area contributed by atoms with Crippen molar-refractivity contribution in [1.29, 1.82) is 0 Å². The van der Waals surface area contributed by atoms with E-state index in [1.54, 1.807) is 7.11 Å². The minimum Gasteiger partial charge on any atom is -0.478 e. The third-order valence-corrected chi connectivity index (χ3v) is 12.4. The van der Waals surface area contributed by atoms with Crippen LogP contribution in [0.15, 0.2) is 64.2 Å². The second kappa shape index (κ2) is 26.2.